The molecule has 0 aromatic heterocycles. The minimum atomic E-state index is 0.865. The normalized spacial score (nSPS) is 16.3. The molecule has 3 atom stereocenters. The zero-order valence-corrected chi connectivity index (χ0v) is 13.1. The third kappa shape index (κ3) is 10.5. The van der Waals surface area contributed by atoms with Gasteiger partial charge in [0.15, 0.2) is 0 Å². The maximum Gasteiger partial charge on any atom is -0.0417 e. The van der Waals surface area contributed by atoms with Gasteiger partial charge in [0, 0.05) is 0 Å². The molecule has 0 aliphatic rings. The summed E-state index contributed by atoms with van der Waals surface area (Å²) in [6, 6.07) is 0. The van der Waals surface area contributed by atoms with Crippen LogP contribution in [0.5, 0.6) is 0 Å². The maximum atomic E-state index is 2.41. The standard InChI is InChI=1S/C14H30.C2H6/c1-7-13(5)14(6)9-8-12(4)10-11(2)3;1-2/h11-14H,7-10H2,1-6H3;1-2H3. The van der Waals surface area contributed by atoms with Gasteiger partial charge in [0.05, 0.1) is 0 Å². The summed E-state index contributed by atoms with van der Waals surface area (Å²) in [5.74, 6) is 3.60. The zero-order chi connectivity index (χ0) is 13.1. The van der Waals surface area contributed by atoms with E-state index in [-0.39, 0.29) is 0 Å². The van der Waals surface area contributed by atoms with E-state index in [1.165, 1.54) is 25.7 Å². The molecule has 0 bridgehead atoms. The van der Waals surface area contributed by atoms with Gasteiger partial charge >= 0.3 is 0 Å². The van der Waals surface area contributed by atoms with Crippen molar-refractivity contribution in [1.82, 2.24) is 0 Å². The molecule has 100 valence electrons. The first-order chi connectivity index (χ1) is 7.47. The molecule has 0 saturated heterocycles. The number of hydrogen-bond donors (Lipinski definition) is 0. The van der Waals surface area contributed by atoms with Gasteiger partial charge in [0.2, 0.25) is 0 Å². The van der Waals surface area contributed by atoms with Gasteiger partial charge in [0.25, 0.3) is 0 Å². The van der Waals surface area contributed by atoms with Crippen LogP contribution in [0.3, 0.4) is 0 Å². The number of hydrogen-bond acceptors (Lipinski definition) is 0. The molecule has 0 aromatic carbocycles. The van der Waals surface area contributed by atoms with Crippen molar-refractivity contribution in [2.24, 2.45) is 23.7 Å². The molecule has 0 N–H and O–H groups in total. The zero-order valence-electron chi connectivity index (χ0n) is 13.1. The van der Waals surface area contributed by atoms with Crippen LogP contribution in [0.4, 0.5) is 0 Å². The molecule has 0 amide bonds. The molecule has 0 aliphatic heterocycles. The lowest BCUT2D eigenvalue weighted by Crippen LogP contribution is -2.09. The summed E-state index contributed by atoms with van der Waals surface area (Å²) >= 11 is 0. The van der Waals surface area contributed by atoms with E-state index < -0.39 is 0 Å². The van der Waals surface area contributed by atoms with E-state index in [1.54, 1.807) is 0 Å². The summed E-state index contributed by atoms with van der Waals surface area (Å²) in [4.78, 5) is 0. The van der Waals surface area contributed by atoms with Crippen LogP contribution in [0.25, 0.3) is 0 Å². The van der Waals surface area contributed by atoms with Crippen molar-refractivity contribution < 1.29 is 0 Å². The highest BCUT2D eigenvalue weighted by atomic mass is 14.2. The first-order valence-electron chi connectivity index (χ1n) is 7.47. The average molecular weight is 228 g/mol. The second-order valence-corrected chi connectivity index (χ2v) is 5.67. The van der Waals surface area contributed by atoms with Crippen LogP contribution in [0.2, 0.25) is 0 Å². The third-order valence-corrected chi connectivity index (χ3v) is 3.60. The molecule has 0 heteroatoms. The van der Waals surface area contributed by atoms with Crippen LogP contribution in [0.15, 0.2) is 0 Å². The Labute approximate surface area is 105 Å². The largest absolute Gasteiger partial charge is 0.0683 e. The van der Waals surface area contributed by atoms with E-state index >= 15 is 0 Å². The molecule has 0 rings (SSSR count). The van der Waals surface area contributed by atoms with Gasteiger partial charge < -0.3 is 0 Å². The minimum Gasteiger partial charge on any atom is -0.0683 e. The average Bonchev–Trinajstić information content (AvgIpc) is 2.26. The fourth-order valence-electron chi connectivity index (χ4n) is 2.16. The minimum absolute atomic E-state index is 0.865. The van der Waals surface area contributed by atoms with Crippen molar-refractivity contribution in [2.45, 2.75) is 81.1 Å². The summed E-state index contributed by atoms with van der Waals surface area (Å²) in [7, 11) is 0. The lowest BCUT2D eigenvalue weighted by Gasteiger charge is -2.21. The smallest absolute Gasteiger partial charge is 0.0417 e. The summed E-state index contributed by atoms with van der Waals surface area (Å²) < 4.78 is 0. The summed E-state index contributed by atoms with van der Waals surface area (Å²) in [5.41, 5.74) is 0. The molecule has 0 saturated carbocycles. The lowest BCUT2D eigenvalue weighted by atomic mass is 9.85. The van der Waals surface area contributed by atoms with Gasteiger partial charge in [-0.15, -0.1) is 0 Å². The monoisotopic (exact) mass is 228 g/mol. The van der Waals surface area contributed by atoms with Gasteiger partial charge in [-0.1, -0.05) is 74.7 Å². The maximum absolute atomic E-state index is 2.41. The highest BCUT2D eigenvalue weighted by Crippen LogP contribution is 2.24. The van der Waals surface area contributed by atoms with Crippen LogP contribution >= 0.6 is 0 Å². The molecule has 0 radical (unpaired) electrons. The van der Waals surface area contributed by atoms with Crippen molar-refractivity contribution in [3.63, 3.8) is 0 Å². The Morgan fingerprint density at radius 3 is 1.62 bits per heavy atom. The molecule has 0 spiro atoms. The van der Waals surface area contributed by atoms with Crippen molar-refractivity contribution in [1.29, 1.82) is 0 Å². The highest BCUT2D eigenvalue weighted by Gasteiger charge is 2.12. The van der Waals surface area contributed by atoms with E-state index in [0.717, 1.165) is 23.7 Å². The van der Waals surface area contributed by atoms with Gasteiger partial charge in [-0.05, 0) is 30.1 Å². The topological polar surface area (TPSA) is 0 Å². The Morgan fingerprint density at radius 2 is 1.25 bits per heavy atom. The first-order valence-corrected chi connectivity index (χ1v) is 7.47. The third-order valence-electron chi connectivity index (χ3n) is 3.60. The van der Waals surface area contributed by atoms with E-state index in [1.807, 2.05) is 13.8 Å². The number of rotatable bonds is 7. The molecule has 16 heavy (non-hydrogen) atoms. The second-order valence-electron chi connectivity index (χ2n) is 5.67. The lowest BCUT2D eigenvalue weighted by molar-refractivity contribution is 0.308. The molecule has 0 fully saturated rings. The summed E-state index contributed by atoms with van der Waals surface area (Å²) in [5, 5.41) is 0. The Balaban J connectivity index is 0. The van der Waals surface area contributed by atoms with E-state index in [2.05, 4.69) is 41.5 Å². The fourth-order valence-corrected chi connectivity index (χ4v) is 2.16. The Morgan fingerprint density at radius 1 is 0.750 bits per heavy atom. The first kappa shape index (κ1) is 18.4. The van der Waals surface area contributed by atoms with Crippen LogP contribution in [-0.2, 0) is 0 Å². The van der Waals surface area contributed by atoms with Crippen LogP contribution in [0.1, 0.15) is 81.1 Å². The van der Waals surface area contributed by atoms with Crippen LogP contribution in [0, 0.1) is 23.7 Å². The molecule has 3 unspecified atom stereocenters. The Hall–Kier alpha value is 0. The predicted molar refractivity (Wildman–Crippen MR) is 77.8 cm³/mol. The predicted octanol–water partition coefficient (Wildman–Crippen LogP) is 6.16. The van der Waals surface area contributed by atoms with Crippen LogP contribution in [-0.4, -0.2) is 0 Å². The quantitative estimate of drug-likeness (QED) is 0.489. The molecular formula is C16H36. The van der Waals surface area contributed by atoms with Crippen molar-refractivity contribution in [2.75, 3.05) is 0 Å². The molecule has 0 nitrogen and oxygen atoms in total. The molecule has 0 heterocycles. The Kier molecular flexibility index (Phi) is 13.2. The Bertz CT molecular complexity index is 126. The fraction of sp³-hybridized carbons (Fsp3) is 1.00. The summed E-state index contributed by atoms with van der Waals surface area (Å²) in [6.45, 7) is 18.2. The van der Waals surface area contributed by atoms with Crippen molar-refractivity contribution in [3.05, 3.63) is 0 Å². The van der Waals surface area contributed by atoms with E-state index in [0.29, 0.717) is 0 Å². The van der Waals surface area contributed by atoms with Gasteiger partial charge in [-0.3, -0.25) is 0 Å². The summed E-state index contributed by atoms with van der Waals surface area (Å²) in [6.07, 6.45) is 5.57. The SMILES string of the molecule is CC.CCC(C)C(C)CCC(C)CC(C)C. The second kappa shape index (κ2) is 11.5. The van der Waals surface area contributed by atoms with Gasteiger partial charge in [-0.2, -0.15) is 0 Å². The van der Waals surface area contributed by atoms with Gasteiger partial charge in [-0.25, -0.2) is 0 Å². The van der Waals surface area contributed by atoms with Crippen LogP contribution < -0.4 is 0 Å². The molecule has 0 aromatic rings. The van der Waals surface area contributed by atoms with Crippen molar-refractivity contribution in [3.8, 4) is 0 Å². The van der Waals surface area contributed by atoms with E-state index in [9.17, 15) is 0 Å². The molecular weight excluding hydrogens is 192 g/mol. The van der Waals surface area contributed by atoms with Gasteiger partial charge in [0.1, 0.15) is 0 Å². The molecule has 0 aliphatic carbocycles. The van der Waals surface area contributed by atoms with E-state index in [4.69, 9.17) is 0 Å². The highest BCUT2D eigenvalue weighted by molar-refractivity contribution is 4.64. The van der Waals surface area contributed by atoms with Crippen molar-refractivity contribution >= 4 is 0 Å².